The van der Waals surface area contributed by atoms with E-state index in [9.17, 15) is 0 Å². The predicted molar refractivity (Wildman–Crippen MR) is 81.9 cm³/mol. The molecule has 4 N–H and O–H groups in total. The van der Waals surface area contributed by atoms with Gasteiger partial charge in [-0.15, -0.1) is 0 Å². The van der Waals surface area contributed by atoms with Crippen molar-refractivity contribution in [2.75, 3.05) is 6.54 Å². The number of aryl methyl sites for hydroxylation is 1. The molecule has 1 atom stereocenters. The maximum atomic E-state index is 8.66. The van der Waals surface area contributed by atoms with Crippen LogP contribution in [-0.2, 0) is 6.42 Å². The van der Waals surface area contributed by atoms with Crippen molar-refractivity contribution < 1.29 is 5.21 Å². The van der Waals surface area contributed by atoms with Gasteiger partial charge in [0, 0.05) is 19.0 Å². The van der Waals surface area contributed by atoms with Crippen LogP contribution in [0.4, 0.5) is 0 Å². The minimum atomic E-state index is 0.233. The maximum Gasteiger partial charge on any atom is 0.139 e. The summed E-state index contributed by atoms with van der Waals surface area (Å²) in [5, 5.41) is 15.3. The molecular weight excluding hydrogens is 250 g/mol. The number of hydrogen-bond donors (Lipinski definition) is 3. The van der Waals surface area contributed by atoms with Crippen LogP contribution in [0.5, 0.6) is 0 Å². The second kappa shape index (κ2) is 6.75. The largest absolute Gasteiger partial charge is 0.409 e. The lowest BCUT2D eigenvalue weighted by Crippen LogP contribution is -2.34. The molecule has 0 heterocycles. The summed E-state index contributed by atoms with van der Waals surface area (Å²) in [5.74, 6) is 0.348. The van der Waals surface area contributed by atoms with Crippen LogP contribution in [0, 0.1) is 5.41 Å². The monoisotopic (exact) mass is 275 g/mol. The fourth-order valence-corrected chi connectivity index (χ4v) is 2.53. The van der Waals surface area contributed by atoms with Gasteiger partial charge in [-0.2, -0.15) is 0 Å². The van der Waals surface area contributed by atoms with Gasteiger partial charge in [-0.3, -0.25) is 0 Å². The van der Waals surface area contributed by atoms with Crippen LogP contribution >= 0.6 is 0 Å². The topological polar surface area (TPSA) is 70.6 Å². The predicted octanol–water partition coefficient (Wildman–Crippen LogP) is 2.51. The van der Waals surface area contributed by atoms with Gasteiger partial charge in [0.25, 0.3) is 0 Å². The summed E-state index contributed by atoms with van der Waals surface area (Å²) in [4.78, 5) is 0. The molecule has 1 saturated carbocycles. The van der Waals surface area contributed by atoms with Gasteiger partial charge in [-0.05, 0) is 43.6 Å². The molecule has 0 aromatic heterocycles. The van der Waals surface area contributed by atoms with E-state index in [4.69, 9.17) is 10.9 Å². The SMILES string of the molecule is CC(CCc1ccccc1)NCC1(CC(N)=NO)CC1. The Bertz CT molecular complexity index is 440. The third kappa shape index (κ3) is 4.53. The van der Waals surface area contributed by atoms with Crippen LogP contribution in [0.15, 0.2) is 35.5 Å². The lowest BCUT2D eigenvalue weighted by Gasteiger charge is -2.19. The third-order valence-corrected chi connectivity index (χ3v) is 4.18. The molecule has 4 heteroatoms. The van der Waals surface area contributed by atoms with Crippen molar-refractivity contribution in [2.45, 2.75) is 45.1 Å². The number of rotatable bonds is 8. The van der Waals surface area contributed by atoms with Crippen LogP contribution in [0.2, 0.25) is 0 Å². The number of nitrogens with one attached hydrogen (secondary N) is 1. The number of nitrogens with two attached hydrogens (primary N) is 1. The van der Waals surface area contributed by atoms with E-state index in [1.54, 1.807) is 0 Å². The van der Waals surface area contributed by atoms with Crippen molar-refractivity contribution in [1.82, 2.24) is 5.32 Å². The van der Waals surface area contributed by atoms with Gasteiger partial charge in [0.1, 0.15) is 5.84 Å². The van der Waals surface area contributed by atoms with E-state index in [0.717, 1.165) is 19.4 Å². The van der Waals surface area contributed by atoms with Crippen LogP contribution in [0.1, 0.15) is 38.2 Å². The summed E-state index contributed by atoms with van der Waals surface area (Å²) in [6, 6.07) is 11.1. The van der Waals surface area contributed by atoms with Crippen molar-refractivity contribution in [2.24, 2.45) is 16.3 Å². The van der Waals surface area contributed by atoms with Crippen molar-refractivity contribution in [3.8, 4) is 0 Å². The average molecular weight is 275 g/mol. The first kappa shape index (κ1) is 14.9. The zero-order chi connectivity index (χ0) is 14.4. The first-order valence-corrected chi connectivity index (χ1v) is 7.37. The summed E-state index contributed by atoms with van der Waals surface area (Å²) in [6.45, 7) is 3.18. The van der Waals surface area contributed by atoms with E-state index >= 15 is 0 Å². The summed E-state index contributed by atoms with van der Waals surface area (Å²) in [7, 11) is 0. The van der Waals surface area contributed by atoms with Crippen LogP contribution in [-0.4, -0.2) is 23.6 Å². The Kier molecular flexibility index (Phi) is 5.01. The molecule has 0 radical (unpaired) electrons. The van der Waals surface area contributed by atoms with Gasteiger partial charge in [0.2, 0.25) is 0 Å². The van der Waals surface area contributed by atoms with E-state index in [-0.39, 0.29) is 5.41 Å². The highest BCUT2D eigenvalue weighted by atomic mass is 16.4. The van der Waals surface area contributed by atoms with Crippen molar-refractivity contribution in [3.05, 3.63) is 35.9 Å². The number of benzene rings is 1. The molecule has 1 aromatic carbocycles. The molecule has 2 rings (SSSR count). The highest BCUT2D eigenvalue weighted by Crippen LogP contribution is 2.48. The number of nitrogens with zero attached hydrogens (tertiary/aromatic N) is 1. The first-order valence-electron chi connectivity index (χ1n) is 7.37. The molecule has 0 amide bonds. The van der Waals surface area contributed by atoms with Crippen LogP contribution in [0.3, 0.4) is 0 Å². The molecule has 1 aliphatic rings. The zero-order valence-electron chi connectivity index (χ0n) is 12.2. The molecule has 0 saturated heterocycles. The lowest BCUT2D eigenvalue weighted by atomic mass is 10.0. The maximum absolute atomic E-state index is 8.66. The molecule has 0 bridgehead atoms. The summed E-state index contributed by atoms with van der Waals surface area (Å²) in [6.07, 6.45) is 5.26. The van der Waals surface area contributed by atoms with Crippen LogP contribution in [0.25, 0.3) is 0 Å². The molecule has 20 heavy (non-hydrogen) atoms. The Morgan fingerprint density at radius 1 is 1.40 bits per heavy atom. The van der Waals surface area contributed by atoms with E-state index in [1.165, 1.54) is 18.4 Å². The van der Waals surface area contributed by atoms with E-state index in [0.29, 0.717) is 18.3 Å². The van der Waals surface area contributed by atoms with E-state index < -0.39 is 0 Å². The summed E-state index contributed by atoms with van der Waals surface area (Å²) < 4.78 is 0. The second-order valence-corrected chi connectivity index (χ2v) is 6.07. The molecular formula is C16H25N3O. The Morgan fingerprint density at radius 2 is 2.10 bits per heavy atom. The number of amidine groups is 1. The highest BCUT2D eigenvalue weighted by Gasteiger charge is 2.43. The van der Waals surface area contributed by atoms with Gasteiger partial charge in [-0.25, -0.2) is 0 Å². The zero-order valence-corrected chi connectivity index (χ0v) is 12.2. The Morgan fingerprint density at radius 3 is 2.70 bits per heavy atom. The van der Waals surface area contributed by atoms with Gasteiger partial charge in [-0.1, -0.05) is 35.5 Å². The van der Waals surface area contributed by atoms with Crippen molar-refractivity contribution >= 4 is 5.84 Å². The first-order chi connectivity index (χ1) is 9.63. The second-order valence-electron chi connectivity index (χ2n) is 6.07. The Hall–Kier alpha value is -1.55. The third-order valence-electron chi connectivity index (χ3n) is 4.18. The Balaban J connectivity index is 1.69. The number of hydrogen-bond acceptors (Lipinski definition) is 3. The molecule has 110 valence electrons. The smallest absolute Gasteiger partial charge is 0.139 e. The molecule has 4 nitrogen and oxygen atoms in total. The summed E-state index contributed by atoms with van der Waals surface area (Å²) >= 11 is 0. The van der Waals surface area contributed by atoms with Crippen LogP contribution < -0.4 is 11.1 Å². The molecule has 1 aromatic rings. The highest BCUT2D eigenvalue weighted by molar-refractivity contribution is 5.80. The Labute approximate surface area is 121 Å². The molecule has 1 fully saturated rings. The fourth-order valence-electron chi connectivity index (χ4n) is 2.53. The average Bonchev–Trinajstić information content (AvgIpc) is 3.24. The van der Waals surface area contributed by atoms with Crippen molar-refractivity contribution in [3.63, 3.8) is 0 Å². The van der Waals surface area contributed by atoms with E-state index in [1.807, 2.05) is 0 Å². The van der Waals surface area contributed by atoms with Crippen molar-refractivity contribution in [1.29, 1.82) is 0 Å². The quantitative estimate of drug-likeness (QED) is 0.295. The standard InChI is InChI=1S/C16H25N3O/c1-13(7-8-14-5-3-2-4-6-14)18-12-16(9-10-16)11-15(17)19-20/h2-6,13,18,20H,7-12H2,1H3,(H2,17,19). The molecule has 1 aliphatic carbocycles. The number of oxime groups is 1. The van der Waals surface area contributed by atoms with Gasteiger partial charge < -0.3 is 16.3 Å². The normalized spacial score (nSPS) is 18.8. The molecule has 0 spiro atoms. The van der Waals surface area contributed by atoms with Gasteiger partial charge in [0.05, 0.1) is 0 Å². The van der Waals surface area contributed by atoms with E-state index in [2.05, 4.69) is 47.7 Å². The van der Waals surface area contributed by atoms with Gasteiger partial charge in [0.15, 0.2) is 0 Å². The molecule has 1 unspecified atom stereocenters. The summed E-state index contributed by atoms with van der Waals surface area (Å²) in [5.41, 5.74) is 7.23. The minimum absolute atomic E-state index is 0.233. The molecule has 0 aliphatic heterocycles. The fraction of sp³-hybridized carbons (Fsp3) is 0.562. The van der Waals surface area contributed by atoms with Gasteiger partial charge >= 0.3 is 0 Å². The minimum Gasteiger partial charge on any atom is -0.409 e. The lowest BCUT2D eigenvalue weighted by molar-refractivity contribution is 0.313.